The lowest BCUT2D eigenvalue weighted by atomic mass is 10.1. The lowest BCUT2D eigenvalue weighted by molar-refractivity contribution is -0.113. The summed E-state index contributed by atoms with van der Waals surface area (Å²) in [4.78, 5) is 15.9. The number of aryl methyl sites for hydroxylation is 1. The Bertz CT molecular complexity index is 805. The summed E-state index contributed by atoms with van der Waals surface area (Å²) >= 11 is 1.35. The van der Waals surface area contributed by atoms with Crippen LogP contribution in [0.5, 0.6) is 0 Å². The van der Waals surface area contributed by atoms with E-state index in [1.807, 2.05) is 43.3 Å². The summed E-state index contributed by atoms with van der Waals surface area (Å²) in [6, 6.07) is 15.5. The fourth-order valence-electron chi connectivity index (χ4n) is 2.05. The first-order valence-corrected chi connectivity index (χ1v) is 8.43. The van der Waals surface area contributed by atoms with Crippen molar-refractivity contribution in [2.24, 2.45) is 0 Å². The van der Waals surface area contributed by atoms with Gasteiger partial charge >= 0.3 is 0 Å². The minimum Gasteiger partial charge on any atom is -0.324 e. The minimum absolute atomic E-state index is 0.0996. The van der Waals surface area contributed by atoms with E-state index < -0.39 is 0 Å². The molecule has 5 nitrogen and oxygen atoms in total. The molecule has 3 rings (SSSR count). The zero-order valence-electron chi connectivity index (χ0n) is 13.1. The number of pyridine rings is 1. The highest BCUT2D eigenvalue weighted by atomic mass is 32.2. The van der Waals surface area contributed by atoms with E-state index in [1.54, 1.807) is 24.5 Å². The van der Waals surface area contributed by atoms with Crippen molar-refractivity contribution in [3.63, 3.8) is 0 Å². The highest BCUT2D eigenvalue weighted by Crippen LogP contribution is 2.20. The number of nitrogens with one attached hydrogen (secondary N) is 1. The largest absolute Gasteiger partial charge is 0.324 e. The monoisotopic (exact) mass is 336 g/mol. The third-order valence-electron chi connectivity index (χ3n) is 3.28. The fourth-order valence-corrected chi connectivity index (χ4v) is 2.66. The molecule has 1 aromatic carbocycles. The van der Waals surface area contributed by atoms with E-state index in [1.165, 1.54) is 17.3 Å². The average molecular weight is 336 g/mol. The van der Waals surface area contributed by atoms with Gasteiger partial charge in [0, 0.05) is 11.8 Å². The van der Waals surface area contributed by atoms with Crippen molar-refractivity contribution in [1.82, 2.24) is 15.2 Å². The van der Waals surface area contributed by atoms with Crippen LogP contribution in [-0.4, -0.2) is 26.8 Å². The Labute approximate surface area is 144 Å². The number of carbonyl (C=O) groups is 1. The van der Waals surface area contributed by atoms with Crippen molar-refractivity contribution < 1.29 is 4.79 Å². The molecule has 0 unspecified atom stereocenters. The van der Waals surface area contributed by atoms with E-state index in [9.17, 15) is 4.79 Å². The quantitative estimate of drug-likeness (QED) is 0.721. The lowest BCUT2D eigenvalue weighted by Gasteiger charge is -2.05. The number of rotatable bonds is 5. The first kappa shape index (κ1) is 16.1. The Morgan fingerprint density at radius 1 is 1.08 bits per heavy atom. The lowest BCUT2D eigenvalue weighted by Crippen LogP contribution is -2.14. The predicted molar refractivity (Wildman–Crippen MR) is 95.8 cm³/mol. The standard InChI is InChI=1S/C18H16N4OS/c1-13-4-6-14(7-5-13)16-8-9-18(22-21-16)24-12-17(23)20-15-3-2-10-19-11-15/h2-11H,12H2,1H3,(H,20,23). The third-order valence-corrected chi connectivity index (χ3v) is 4.20. The Morgan fingerprint density at radius 2 is 1.92 bits per heavy atom. The second-order valence-electron chi connectivity index (χ2n) is 5.20. The van der Waals surface area contributed by atoms with Gasteiger partial charge in [0.25, 0.3) is 0 Å². The maximum atomic E-state index is 11.9. The number of carbonyl (C=O) groups excluding carboxylic acids is 1. The molecular weight excluding hydrogens is 320 g/mol. The zero-order chi connectivity index (χ0) is 16.8. The van der Waals surface area contributed by atoms with Gasteiger partial charge in [-0.2, -0.15) is 0 Å². The van der Waals surface area contributed by atoms with Crippen LogP contribution in [0.25, 0.3) is 11.3 Å². The molecule has 2 heterocycles. The second kappa shape index (κ2) is 7.70. The Balaban J connectivity index is 1.56. The molecule has 6 heteroatoms. The molecule has 0 saturated heterocycles. The molecule has 0 radical (unpaired) electrons. The van der Waals surface area contributed by atoms with Crippen LogP contribution in [0.2, 0.25) is 0 Å². The topological polar surface area (TPSA) is 67.8 Å². The summed E-state index contributed by atoms with van der Waals surface area (Å²) in [5.74, 6) is 0.172. The number of hydrogen-bond acceptors (Lipinski definition) is 5. The van der Waals surface area contributed by atoms with Crippen molar-refractivity contribution in [2.75, 3.05) is 11.1 Å². The molecule has 0 fully saturated rings. The summed E-state index contributed by atoms with van der Waals surface area (Å²) in [6.07, 6.45) is 3.27. The van der Waals surface area contributed by atoms with Crippen LogP contribution in [0.15, 0.2) is 66.0 Å². The maximum absolute atomic E-state index is 11.9. The number of hydrogen-bond donors (Lipinski definition) is 1. The van der Waals surface area contributed by atoms with Gasteiger partial charge in [-0.3, -0.25) is 9.78 Å². The van der Waals surface area contributed by atoms with Crippen LogP contribution < -0.4 is 5.32 Å². The van der Waals surface area contributed by atoms with Gasteiger partial charge in [0.15, 0.2) is 0 Å². The van der Waals surface area contributed by atoms with Gasteiger partial charge in [-0.05, 0) is 31.2 Å². The molecule has 0 aliphatic rings. The molecule has 0 atom stereocenters. The molecule has 0 saturated carbocycles. The highest BCUT2D eigenvalue weighted by molar-refractivity contribution is 7.99. The van der Waals surface area contributed by atoms with E-state index in [0.717, 1.165) is 11.3 Å². The van der Waals surface area contributed by atoms with Crippen molar-refractivity contribution in [3.8, 4) is 11.3 Å². The van der Waals surface area contributed by atoms with E-state index in [-0.39, 0.29) is 11.7 Å². The summed E-state index contributed by atoms with van der Waals surface area (Å²) in [5.41, 5.74) is 3.74. The van der Waals surface area contributed by atoms with Crippen molar-refractivity contribution in [3.05, 3.63) is 66.5 Å². The number of benzene rings is 1. The van der Waals surface area contributed by atoms with Crippen molar-refractivity contribution in [2.45, 2.75) is 11.9 Å². The average Bonchev–Trinajstić information content (AvgIpc) is 2.62. The normalized spacial score (nSPS) is 10.4. The molecule has 0 spiro atoms. The fraction of sp³-hybridized carbons (Fsp3) is 0.111. The van der Waals surface area contributed by atoms with Gasteiger partial charge in [-0.25, -0.2) is 0 Å². The first-order valence-electron chi connectivity index (χ1n) is 7.44. The molecule has 120 valence electrons. The summed E-state index contributed by atoms with van der Waals surface area (Å²) < 4.78 is 0. The number of thioether (sulfide) groups is 1. The van der Waals surface area contributed by atoms with E-state index in [0.29, 0.717) is 10.7 Å². The van der Waals surface area contributed by atoms with Gasteiger partial charge in [0.2, 0.25) is 5.91 Å². The van der Waals surface area contributed by atoms with E-state index in [2.05, 4.69) is 20.5 Å². The van der Waals surface area contributed by atoms with Crippen molar-refractivity contribution in [1.29, 1.82) is 0 Å². The summed E-state index contributed by atoms with van der Waals surface area (Å²) in [7, 11) is 0. The first-order chi connectivity index (χ1) is 11.7. The zero-order valence-corrected chi connectivity index (χ0v) is 14.0. The molecule has 1 N–H and O–H groups in total. The Kier molecular flexibility index (Phi) is 5.18. The smallest absolute Gasteiger partial charge is 0.234 e. The molecule has 3 aromatic rings. The maximum Gasteiger partial charge on any atom is 0.234 e. The van der Waals surface area contributed by atoms with Crippen molar-refractivity contribution >= 4 is 23.4 Å². The van der Waals surface area contributed by atoms with E-state index in [4.69, 9.17) is 0 Å². The molecule has 1 amide bonds. The van der Waals surface area contributed by atoms with Crippen LogP contribution in [0.3, 0.4) is 0 Å². The molecule has 24 heavy (non-hydrogen) atoms. The van der Waals surface area contributed by atoms with Crippen LogP contribution >= 0.6 is 11.8 Å². The summed E-state index contributed by atoms with van der Waals surface area (Å²) in [6.45, 7) is 2.05. The number of amides is 1. The van der Waals surface area contributed by atoms with Gasteiger partial charge in [-0.15, -0.1) is 10.2 Å². The van der Waals surface area contributed by atoms with Crippen LogP contribution in [0.4, 0.5) is 5.69 Å². The second-order valence-corrected chi connectivity index (χ2v) is 6.20. The van der Waals surface area contributed by atoms with Crippen LogP contribution in [0, 0.1) is 6.92 Å². The Hall–Kier alpha value is -2.73. The molecular formula is C18H16N4OS. The Morgan fingerprint density at radius 3 is 2.58 bits per heavy atom. The van der Waals surface area contributed by atoms with Gasteiger partial charge in [-0.1, -0.05) is 41.6 Å². The molecule has 0 aliphatic carbocycles. The molecule has 0 aliphatic heterocycles. The van der Waals surface area contributed by atoms with Gasteiger partial charge < -0.3 is 5.32 Å². The summed E-state index contributed by atoms with van der Waals surface area (Å²) in [5, 5.41) is 11.9. The SMILES string of the molecule is Cc1ccc(-c2ccc(SCC(=O)Nc3cccnc3)nn2)cc1. The predicted octanol–water partition coefficient (Wildman–Crippen LogP) is 3.58. The minimum atomic E-state index is -0.0996. The number of nitrogens with zero attached hydrogens (tertiary/aromatic N) is 3. The number of aromatic nitrogens is 3. The van der Waals surface area contributed by atoms with Gasteiger partial charge in [0.1, 0.15) is 5.03 Å². The molecule has 2 aromatic heterocycles. The number of anilines is 1. The highest BCUT2D eigenvalue weighted by Gasteiger charge is 2.06. The van der Waals surface area contributed by atoms with Crippen LogP contribution in [0.1, 0.15) is 5.56 Å². The van der Waals surface area contributed by atoms with Crippen LogP contribution in [-0.2, 0) is 4.79 Å². The van der Waals surface area contributed by atoms with Gasteiger partial charge in [0.05, 0.1) is 23.3 Å². The van der Waals surface area contributed by atoms with E-state index >= 15 is 0 Å². The third kappa shape index (κ3) is 4.39. The molecule has 0 bridgehead atoms.